The van der Waals surface area contributed by atoms with Crippen LogP contribution in [0.25, 0.3) is 0 Å². The molecule has 0 bridgehead atoms. The van der Waals surface area contributed by atoms with Crippen LogP contribution in [0.1, 0.15) is 62.2 Å². The predicted molar refractivity (Wildman–Crippen MR) is 116 cm³/mol. The number of nitrogens with zero attached hydrogens (tertiary/aromatic N) is 1. The van der Waals surface area contributed by atoms with Crippen molar-refractivity contribution < 1.29 is 52.2 Å². The number of carbonyl (C=O) groups excluding carboxylic acids is 1. The minimum Gasteiger partial charge on any atom is -1.00 e. The van der Waals surface area contributed by atoms with Crippen molar-refractivity contribution in [3.63, 3.8) is 0 Å². The lowest BCUT2D eigenvalue weighted by Crippen LogP contribution is -3.00. The summed E-state index contributed by atoms with van der Waals surface area (Å²) in [4.78, 5) is 12.4. The summed E-state index contributed by atoms with van der Waals surface area (Å²) in [6, 6.07) is 3.31. The first-order chi connectivity index (χ1) is 13.8. The molecule has 7 heteroatoms. The zero-order valence-corrected chi connectivity index (χ0v) is 21.7. The Morgan fingerprint density at radius 1 is 0.867 bits per heavy atom. The van der Waals surface area contributed by atoms with Gasteiger partial charge in [0.2, 0.25) is 5.75 Å². The molecule has 6 nitrogen and oxygen atoms in total. The highest BCUT2D eigenvalue weighted by Crippen LogP contribution is 2.39. The molecule has 30 heavy (non-hydrogen) atoms. The molecule has 0 N–H and O–H groups in total. The standard InChI is InChI=1S/C23H40NO5.HI/c1-7-8-9-10-12-15-28-22-20(26-5)17-19(18-21(22)27-6)23(25)29-16-13-11-14-24(2,3)4;/h17-18H,7-16H2,1-6H3;1H/q+1;/p-1. The normalized spacial score (nSPS) is 10.9. The van der Waals surface area contributed by atoms with Crippen LogP contribution in [0.4, 0.5) is 0 Å². The molecule has 0 aliphatic heterocycles. The highest BCUT2D eigenvalue weighted by Gasteiger charge is 2.18. The van der Waals surface area contributed by atoms with Gasteiger partial charge in [0.15, 0.2) is 11.5 Å². The molecular weight excluding hydrogens is 497 g/mol. The summed E-state index contributed by atoms with van der Waals surface area (Å²) in [5.74, 6) is 1.12. The fraction of sp³-hybridized carbons (Fsp3) is 0.696. The first-order valence-corrected chi connectivity index (χ1v) is 10.7. The Balaban J connectivity index is 0.00000841. The molecule has 0 unspecified atom stereocenters. The number of benzene rings is 1. The molecule has 1 aromatic rings. The number of halogens is 1. The number of rotatable bonds is 15. The fourth-order valence-corrected chi connectivity index (χ4v) is 2.96. The minimum atomic E-state index is -0.377. The fourth-order valence-electron chi connectivity index (χ4n) is 2.96. The Bertz CT molecular complexity index is 591. The van der Waals surface area contributed by atoms with Gasteiger partial charge in [-0.2, -0.15) is 0 Å². The van der Waals surface area contributed by atoms with Crippen molar-refractivity contribution in [1.82, 2.24) is 0 Å². The van der Waals surface area contributed by atoms with Crippen LogP contribution in [-0.4, -0.2) is 65.6 Å². The number of esters is 1. The van der Waals surface area contributed by atoms with E-state index in [0.29, 0.717) is 36.0 Å². The maximum Gasteiger partial charge on any atom is 0.338 e. The van der Waals surface area contributed by atoms with E-state index in [1.54, 1.807) is 26.4 Å². The van der Waals surface area contributed by atoms with Crippen molar-refractivity contribution in [2.45, 2.75) is 51.9 Å². The smallest absolute Gasteiger partial charge is 0.338 e. The molecule has 174 valence electrons. The van der Waals surface area contributed by atoms with E-state index in [9.17, 15) is 4.79 Å². The largest absolute Gasteiger partial charge is 1.00 e. The second kappa shape index (κ2) is 15.6. The van der Waals surface area contributed by atoms with Crippen molar-refractivity contribution in [3.8, 4) is 17.2 Å². The number of ether oxygens (including phenoxy) is 4. The minimum absolute atomic E-state index is 0. The van der Waals surface area contributed by atoms with Gasteiger partial charge in [0.05, 0.1) is 60.7 Å². The molecule has 0 saturated carbocycles. The van der Waals surface area contributed by atoms with Crippen molar-refractivity contribution in [2.24, 2.45) is 0 Å². The molecule has 0 aliphatic rings. The maximum atomic E-state index is 12.4. The van der Waals surface area contributed by atoms with Crippen LogP contribution in [0, 0.1) is 0 Å². The molecule has 0 radical (unpaired) electrons. The van der Waals surface area contributed by atoms with Crippen molar-refractivity contribution in [1.29, 1.82) is 0 Å². The lowest BCUT2D eigenvalue weighted by atomic mass is 10.1. The van der Waals surface area contributed by atoms with E-state index < -0.39 is 0 Å². The average molecular weight is 537 g/mol. The highest BCUT2D eigenvalue weighted by molar-refractivity contribution is 5.91. The molecule has 0 aromatic heterocycles. The summed E-state index contributed by atoms with van der Waals surface area (Å²) < 4.78 is 23.1. The van der Waals surface area contributed by atoms with Gasteiger partial charge in [-0.05, 0) is 31.4 Å². The lowest BCUT2D eigenvalue weighted by molar-refractivity contribution is -0.870. The third-order valence-corrected chi connectivity index (χ3v) is 4.65. The van der Waals surface area contributed by atoms with Gasteiger partial charge < -0.3 is 47.4 Å². The first-order valence-electron chi connectivity index (χ1n) is 10.7. The summed E-state index contributed by atoms with van der Waals surface area (Å²) in [5.41, 5.74) is 0.403. The van der Waals surface area contributed by atoms with Gasteiger partial charge in [0.25, 0.3) is 0 Å². The molecule has 0 saturated heterocycles. The summed E-state index contributed by atoms with van der Waals surface area (Å²) in [7, 11) is 9.57. The van der Waals surface area contributed by atoms with Crippen LogP contribution in [0.15, 0.2) is 12.1 Å². The van der Waals surface area contributed by atoms with E-state index in [-0.39, 0.29) is 29.9 Å². The number of hydrogen-bond donors (Lipinski definition) is 0. The van der Waals surface area contributed by atoms with E-state index in [4.69, 9.17) is 18.9 Å². The van der Waals surface area contributed by atoms with Gasteiger partial charge in [0.1, 0.15) is 0 Å². The van der Waals surface area contributed by atoms with Gasteiger partial charge in [-0.3, -0.25) is 0 Å². The zero-order chi connectivity index (χ0) is 21.7. The SMILES string of the molecule is CCCCCCCOc1c(OC)cc(C(=O)OCCCC[N+](C)(C)C)cc1OC.[I-]. The summed E-state index contributed by atoms with van der Waals surface area (Å²) in [6.45, 7) is 4.24. The van der Waals surface area contributed by atoms with Crippen LogP contribution in [-0.2, 0) is 4.74 Å². The Hall–Kier alpha value is -1.22. The van der Waals surface area contributed by atoms with Crippen LogP contribution < -0.4 is 38.2 Å². The van der Waals surface area contributed by atoms with E-state index in [0.717, 1.165) is 36.7 Å². The van der Waals surface area contributed by atoms with Crippen molar-refractivity contribution >= 4 is 5.97 Å². The molecule has 0 spiro atoms. The second-order valence-electron chi connectivity index (χ2n) is 8.33. The van der Waals surface area contributed by atoms with Gasteiger partial charge in [-0.25, -0.2) is 4.79 Å². The van der Waals surface area contributed by atoms with Crippen LogP contribution in [0.2, 0.25) is 0 Å². The summed E-state index contributed by atoms with van der Waals surface area (Å²) >= 11 is 0. The average Bonchev–Trinajstić information content (AvgIpc) is 2.68. The number of quaternary nitrogens is 1. The third kappa shape index (κ3) is 11.2. The molecule has 0 atom stereocenters. The van der Waals surface area contributed by atoms with E-state index in [1.807, 2.05) is 0 Å². The van der Waals surface area contributed by atoms with Crippen LogP contribution in [0.5, 0.6) is 17.2 Å². The zero-order valence-electron chi connectivity index (χ0n) is 19.6. The van der Waals surface area contributed by atoms with Crippen LogP contribution in [0.3, 0.4) is 0 Å². The van der Waals surface area contributed by atoms with E-state index in [2.05, 4.69) is 28.1 Å². The van der Waals surface area contributed by atoms with E-state index >= 15 is 0 Å². The molecule has 0 heterocycles. The Labute approximate surface area is 199 Å². The summed E-state index contributed by atoms with van der Waals surface area (Å²) in [6.07, 6.45) is 7.64. The van der Waals surface area contributed by atoms with Crippen LogP contribution >= 0.6 is 0 Å². The Morgan fingerprint density at radius 2 is 1.43 bits per heavy atom. The number of hydrogen-bond acceptors (Lipinski definition) is 5. The van der Waals surface area contributed by atoms with Gasteiger partial charge in [-0.1, -0.05) is 32.6 Å². The number of unbranched alkanes of at least 4 members (excludes halogenated alkanes) is 5. The highest BCUT2D eigenvalue weighted by atomic mass is 127. The number of carbonyl (C=O) groups is 1. The van der Waals surface area contributed by atoms with Crippen molar-refractivity contribution in [3.05, 3.63) is 17.7 Å². The number of methoxy groups -OCH3 is 2. The first kappa shape index (κ1) is 28.8. The monoisotopic (exact) mass is 537 g/mol. The van der Waals surface area contributed by atoms with Gasteiger partial charge >= 0.3 is 5.97 Å². The van der Waals surface area contributed by atoms with Gasteiger partial charge in [-0.15, -0.1) is 0 Å². The predicted octanol–water partition coefficient (Wildman–Crippen LogP) is 1.70. The van der Waals surface area contributed by atoms with Gasteiger partial charge in [0, 0.05) is 0 Å². The van der Waals surface area contributed by atoms with Crippen molar-refractivity contribution in [2.75, 3.05) is 55.1 Å². The molecule has 0 fully saturated rings. The lowest BCUT2D eigenvalue weighted by Gasteiger charge is -2.23. The molecule has 1 rings (SSSR count). The topological polar surface area (TPSA) is 54.0 Å². The molecule has 0 aliphatic carbocycles. The van der Waals surface area contributed by atoms with E-state index in [1.165, 1.54) is 19.3 Å². The summed E-state index contributed by atoms with van der Waals surface area (Å²) in [5, 5.41) is 0. The molecule has 1 aromatic carbocycles. The third-order valence-electron chi connectivity index (χ3n) is 4.65. The Morgan fingerprint density at radius 3 is 1.97 bits per heavy atom. The Kier molecular flexibility index (Phi) is 14.9. The maximum absolute atomic E-state index is 12.4. The quantitative estimate of drug-likeness (QED) is 0.148. The second-order valence-corrected chi connectivity index (χ2v) is 8.33. The molecular formula is C23H40INO5. The molecule has 0 amide bonds.